The van der Waals surface area contributed by atoms with Gasteiger partial charge in [-0.3, -0.25) is 0 Å². The largest absolute Gasteiger partial charge is 0.489 e. The minimum atomic E-state index is -0.679. The van der Waals surface area contributed by atoms with E-state index >= 15 is 0 Å². The maximum absolute atomic E-state index is 14.0. The van der Waals surface area contributed by atoms with Crippen LogP contribution in [0.1, 0.15) is 103 Å². The zero-order valence-electron chi connectivity index (χ0n) is 30.5. The minimum Gasteiger partial charge on any atom is -0.489 e. The van der Waals surface area contributed by atoms with Crippen molar-refractivity contribution in [2.45, 2.75) is 96.9 Å². The minimum absolute atomic E-state index is 0.179. The van der Waals surface area contributed by atoms with Crippen LogP contribution in [0.4, 0.5) is 5.82 Å². The molecule has 0 amide bonds. The van der Waals surface area contributed by atoms with Crippen molar-refractivity contribution in [3.05, 3.63) is 101 Å². The lowest BCUT2D eigenvalue weighted by atomic mass is 9.53. The van der Waals surface area contributed by atoms with E-state index in [1.807, 2.05) is 69.3 Å². The van der Waals surface area contributed by atoms with Crippen LogP contribution in [0.3, 0.4) is 0 Å². The summed E-state index contributed by atoms with van der Waals surface area (Å²) in [6.45, 7) is 9.35. The Balaban J connectivity index is 1.13. The second-order valence-electron chi connectivity index (χ2n) is 16.4. The van der Waals surface area contributed by atoms with Gasteiger partial charge in [0.15, 0.2) is 5.69 Å². The summed E-state index contributed by atoms with van der Waals surface area (Å²) in [5, 5.41) is 0. The van der Waals surface area contributed by atoms with Gasteiger partial charge in [0, 0.05) is 47.2 Å². The number of ether oxygens (including phenoxy) is 3. The second-order valence-corrected chi connectivity index (χ2v) is 16.4. The van der Waals surface area contributed by atoms with Crippen LogP contribution < -0.4 is 9.64 Å². The van der Waals surface area contributed by atoms with Gasteiger partial charge in [-0.25, -0.2) is 14.6 Å². The Morgan fingerprint density at radius 2 is 1.57 bits per heavy atom. The summed E-state index contributed by atoms with van der Waals surface area (Å²) in [6, 6.07) is 19.9. The molecule has 1 aliphatic heterocycles. The lowest BCUT2D eigenvalue weighted by molar-refractivity contribution is -0.0437. The molecule has 0 saturated heterocycles. The van der Waals surface area contributed by atoms with E-state index in [0.717, 1.165) is 51.3 Å². The Kier molecular flexibility index (Phi) is 8.47. The SMILES string of the molecule is COC(=O)c1ccc(OCc2ccccc2)c2c1CN(c1ccc(-c3ccn(C45CC6CC(CC(C6)C4)C5)c3C)c(C(=O)OC(C)(C)C)n1)CC2. The van der Waals surface area contributed by atoms with Gasteiger partial charge >= 0.3 is 11.9 Å². The van der Waals surface area contributed by atoms with Crippen molar-refractivity contribution in [2.24, 2.45) is 17.8 Å². The number of carbonyl (C=O) groups excluding carboxylic acids is 2. The molecule has 0 spiro atoms. The van der Waals surface area contributed by atoms with Gasteiger partial charge in [-0.05, 0) is 132 Å². The van der Waals surface area contributed by atoms with Gasteiger partial charge in [0.1, 0.15) is 23.8 Å². The first kappa shape index (κ1) is 33.5. The molecule has 4 bridgehead atoms. The van der Waals surface area contributed by atoms with E-state index in [1.54, 1.807) is 6.07 Å². The highest BCUT2D eigenvalue weighted by atomic mass is 16.6. The monoisotopic (exact) mass is 687 g/mol. The fraction of sp³-hybridized carbons (Fsp3) is 0.465. The molecule has 0 unspecified atom stereocenters. The Morgan fingerprint density at radius 1 is 0.863 bits per heavy atom. The summed E-state index contributed by atoms with van der Waals surface area (Å²) < 4.78 is 20.0. The number of esters is 2. The third kappa shape index (κ3) is 6.31. The standard InChI is InChI=1S/C43H49N3O5/c1-27-32(16-18-46(27)43-22-29-19-30(23-43)21-31(20-29)24-43)34-12-14-38(44-39(34)41(48)51-42(2,3)4)45-17-15-33-36(25-45)35(40(47)49-5)11-13-37(33)50-26-28-9-7-6-8-10-28/h6-14,16,18,29-31H,15,17,19-26H2,1-5H3. The molecule has 0 atom stereocenters. The molecule has 5 aliphatic rings. The third-order valence-electron chi connectivity index (χ3n) is 11.8. The zero-order valence-corrected chi connectivity index (χ0v) is 30.5. The quantitative estimate of drug-likeness (QED) is 0.172. The number of rotatable bonds is 8. The molecular weight excluding hydrogens is 638 g/mol. The molecule has 4 aliphatic carbocycles. The number of fused-ring (bicyclic) bond motifs is 1. The molecule has 0 N–H and O–H groups in total. The van der Waals surface area contributed by atoms with Gasteiger partial charge in [0.05, 0.1) is 12.7 Å². The number of aromatic nitrogens is 2. The van der Waals surface area contributed by atoms with Crippen LogP contribution in [0.5, 0.6) is 5.75 Å². The second kappa shape index (κ2) is 12.9. The smallest absolute Gasteiger partial charge is 0.358 e. The molecule has 8 nitrogen and oxygen atoms in total. The number of hydrogen-bond donors (Lipinski definition) is 0. The van der Waals surface area contributed by atoms with Crippen molar-refractivity contribution < 1.29 is 23.8 Å². The predicted molar refractivity (Wildman–Crippen MR) is 197 cm³/mol. The Labute approximate surface area is 301 Å². The van der Waals surface area contributed by atoms with E-state index in [4.69, 9.17) is 19.2 Å². The zero-order chi connectivity index (χ0) is 35.5. The van der Waals surface area contributed by atoms with Gasteiger partial charge in [-0.15, -0.1) is 0 Å². The van der Waals surface area contributed by atoms with Crippen LogP contribution in [0.2, 0.25) is 0 Å². The summed E-state index contributed by atoms with van der Waals surface area (Å²) in [6.07, 6.45) is 10.9. The molecule has 4 fully saturated rings. The van der Waals surface area contributed by atoms with Crippen LogP contribution in [0.15, 0.2) is 66.9 Å². The highest BCUT2D eigenvalue weighted by Gasteiger charge is 2.52. The van der Waals surface area contributed by atoms with Crippen molar-refractivity contribution in [3.63, 3.8) is 0 Å². The van der Waals surface area contributed by atoms with Crippen molar-refractivity contribution >= 4 is 17.8 Å². The van der Waals surface area contributed by atoms with Crippen LogP contribution >= 0.6 is 0 Å². The average molecular weight is 688 g/mol. The van der Waals surface area contributed by atoms with Gasteiger partial charge in [-0.2, -0.15) is 0 Å². The summed E-state index contributed by atoms with van der Waals surface area (Å²) in [4.78, 5) is 34.1. The van der Waals surface area contributed by atoms with Crippen molar-refractivity contribution in [2.75, 3.05) is 18.6 Å². The number of carbonyl (C=O) groups is 2. The molecule has 8 heteroatoms. The number of methoxy groups -OCH3 is 1. The van der Waals surface area contributed by atoms with Crippen LogP contribution in [-0.4, -0.2) is 40.7 Å². The highest BCUT2D eigenvalue weighted by Crippen LogP contribution is 2.59. The molecule has 4 aromatic rings. The van der Waals surface area contributed by atoms with Gasteiger partial charge in [0.25, 0.3) is 0 Å². The molecule has 0 radical (unpaired) electrons. The van der Waals surface area contributed by atoms with E-state index < -0.39 is 11.6 Å². The van der Waals surface area contributed by atoms with E-state index in [0.29, 0.717) is 43.2 Å². The molecular formula is C43H49N3O5. The molecule has 266 valence electrons. The number of benzene rings is 2. The van der Waals surface area contributed by atoms with Gasteiger partial charge in [0.2, 0.25) is 0 Å². The maximum atomic E-state index is 14.0. The number of pyridine rings is 1. The summed E-state index contributed by atoms with van der Waals surface area (Å²) in [5.41, 5.74) is 6.25. The first-order valence-electron chi connectivity index (χ1n) is 18.6. The molecule has 4 saturated carbocycles. The van der Waals surface area contributed by atoms with Crippen molar-refractivity contribution in [1.82, 2.24) is 9.55 Å². The maximum Gasteiger partial charge on any atom is 0.358 e. The Bertz CT molecular complexity index is 1940. The summed E-state index contributed by atoms with van der Waals surface area (Å²) in [5.74, 6) is 3.10. The fourth-order valence-electron chi connectivity index (χ4n) is 10.0. The van der Waals surface area contributed by atoms with E-state index in [2.05, 4.69) is 28.7 Å². The third-order valence-corrected chi connectivity index (χ3v) is 11.8. The first-order chi connectivity index (χ1) is 24.5. The fourth-order valence-corrected chi connectivity index (χ4v) is 10.0. The van der Waals surface area contributed by atoms with E-state index in [1.165, 1.54) is 51.3 Å². The molecule has 2 aromatic carbocycles. The van der Waals surface area contributed by atoms with E-state index in [9.17, 15) is 9.59 Å². The predicted octanol–water partition coefficient (Wildman–Crippen LogP) is 8.67. The summed E-state index contributed by atoms with van der Waals surface area (Å²) >= 11 is 0. The van der Waals surface area contributed by atoms with Crippen LogP contribution in [0, 0.1) is 24.7 Å². The summed E-state index contributed by atoms with van der Waals surface area (Å²) in [7, 11) is 1.40. The number of nitrogens with zero attached hydrogens (tertiary/aromatic N) is 3. The lowest BCUT2D eigenvalue weighted by Crippen LogP contribution is -2.51. The molecule has 9 rings (SSSR count). The Hall–Kier alpha value is -4.59. The van der Waals surface area contributed by atoms with Crippen LogP contribution in [-0.2, 0) is 34.6 Å². The first-order valence-corrected chi connectivity index (χ1v) is 18.6. The van der Waals surface area contributed by atoms with E-state index in [-0.39, 0.29) is 11.5 Å². The van der Waals surface area contributed by atoms with Crippen LogP contribution in [0.25, 0.3) is 11.1 Å². The van der Waals surface area contributed by atoms with Gasteiger partial charge in [-0.1, -0.05) is 30.3 Å². The lowest BCUT2D eigenvalue weighted by Gasteiger charge is -2.57. The molecule has 51 heavy (non-hydrogen) atoms. The normalized spacial score (nSPS) is 23.5. The highest BCUT2D eigenvalue weighted by molar-refractivity contribution is 5.96. The number of anilines is 1. The molecule has 3 heterocycles. The Morgan fingerprint density at radius 3 is 2.24 bits per heavy atom. The molecule has 2 aromatic heterocycles. The van der Waals surface area contributed by atoms with Crippen molar-refractivity contribution in [3.8, 4) is 16.9 Å². The topological polar surface area (TPSA) is 82.9 Å². The number of hydrogen-bond acceptors (Lipinski definition) is 7. The van der Waals surface area contributed by atoms with Gasteiger partial charge < -0.3 is 23.7 Å². The van der Waals surface area contributed by atoms with Crippen molar-refractivity contribution in [1.29, 1.82) is 0 Å². The average Bonchev–Trinajstić information content (AvgIpc) is 3.50.